The summed E-state index contributed by atoms with van der Waals surface area (Å²) in [6.45, 7) is 6.01. The fourth-order valence-electron chi connectivity index (χ4n) is 3.00. The molecule has 23 heavy (non-hydrogen) atoms. The van der Waals surface area contributed by atoms with Crippen molar-refractivity contribution in [2.45, 2.75) is 32.0 Å². The summed E-state index contributed by atoms with van der Waals surface area (Å²) >= 11 is 0. The molecule has 0 saturated carbocycles. The number of hydrogen-bond donors (Lipinski definition) is 2. The predicted octanol–water partition coefficient (Wildman–Crippen LogP) is 2.21. The Bertz CT molecular complexity index is 514. The Morgan fingerprint density at radius 2 is 2.09 bits per heavy atom. The lowest BCUT2D eigenvalue weighted by molar-refractivity contribution is 0.0532. The van der Waals surface area contributed by atoms with Gasteiger partial charge >= 0.3 is 6.03 Å². The maximum Gasteiger partial charge on any atom is 0.319 e. The van der Waals surface area contributed by atoms with Crippen LogP contribution in [0.2, 0.25) is 0 Å². The summed E-state index contributed by atoms with van der Waals surface area (Å²) in [7, 11) is 0. The van der Waals surface area contributed by atoms with E-state index >= 15 is 0 Å². The number of urea groups is 1. The van der Waals surface area contributed by atoms with E-state index in [9.17, 15) is 4.79 Å². The largest absolute Gasteiger partial charge is 0.376 e. The molecule has 2 aliphatic heterocycles. The van der Waals surface area contributed by atoms with Gasteiger partial charge < -0.3 is 25.0 Å². The highest BCUT2D eigenvalue weighted by Crippen LogP contribution is 2.20. The summed E-state index contributed by atoms with van der Waals surface area (Å²) in [6.07, 6.45) is 2.51. The van der Waals surface area contributed by atoms with Crippen LogP contribution in [0.5, 0.6) is 0 Å². The number of morpholine rings is 1. The Hall–Kier alpha value is -1.79. The van der Waals surface area contributed by atoms with Gasteiger partial charge in [-0.15, -0.1) is 0 Å². The first-order valence-corrected chi connectivity index (χ1v) is 8.34. The molecule has 2 N–H and O–H groups in total. The number of anilines is 2. The van der Waals surface area contributed by atoms with Gasteiger partial charge in [-0.3, -0.25) is 0 Å². The van der Waals surface area contributed by atoms with E-state index in [2.05, 4.69) is 22.5 Å². The van der Waals surface area contributed by atoms with Crippen LogP contribution in [0.15, 0.2) is 24.3 Å². The van der Waals surface area contributed by atoms with Crippen LogP contribution in [0.25, 0.3) is 0 Å². The van der Waals surface area contributed by atoms with Gasteiger partial charge in [0.1, 0.15) is 0 Å². The lowest BCUT2D eigenvalue weighted by Crippen LogP contribution is -2.41. The van der Waals surface area contributed by atoms with Crippen molar-refractivity contribution in [3.63, 3.8) is 0 Å². The van der Waals surface area contributed by atoms with Gasteiger partial charge in [-0.05, 0) is 44.0 Å². The van der Waals surface area contributed by atoms with Crippen molar-refractivity contribution in [1.82, 2.24) is 5.32 Å². The molecule has 3 rings (SSSR count). The highest BCUT2D eigenvalue weighted by molar-refractivity contribution is 5.89. The van der Waals surface area contributed by atoms with Crippen molar-refractivity contribution in [2.75, 3.05) is 43.1 Å². The summed E-state index contributed by atoms with van der Waals surface area (Å²) in [5.41, 5.74) is 1.95. The van der Waals surface area contributed by atoms with E-state index in [0.29, 0.717) is 6.54 Å². The number of rotatable bonds is 4. The number of hydrogen-bond acceptors (Lipinski definition) is 4. The SMILES string of the molecule is CC1CN(c2ccc(NC(=O)NCC3CCCO3)cc2)CCO1. The van der Waals surface area contributed by atoms with Gasteiger partial charge in [0.05, 0.1) is 18.8 Å². The number of carbonyl (C=O) groups excluding carboxylic acids is 1. The number of ether oxygens (including phenoxy) is 2. The highest BCUT2D eigenvalue weighted by atomic mass is 16.5. The minimum absolute atomic E-state index is 0.159. The van der Waals surface area contributed by atoms with Crippen molar-refractivity contribution in [2.24, 2.45) is 0 Å². The van der Waals surface area contributed by atoms with E-state index in [4.69, 9.17) is 9.47 Å². The number of benzene rings is 1. The first-order chi connectivity index (χ1) is 11.2. The third-order valence-electron chi connectivity index (χ3n) is 4.25. The first-order valence-electron chi connectivity index (χ1n) is 8.34. The average molecular weight is 319 g/mol. The third kappa shape index (κ3) is 4.59. The summed E-state index contributed by atoms with van der Waals surface area (Å²) in [5, 5.41) is 5.71. The number of carbonyl (C=O) groups is 1. The highest BCUT2D eigenvalue weighted by Gasteiger charge is 2.17. The molecule has 2 aliphatic rings. The molecule has 2 atom stereocenters. The van der Waals surface area contributed by atoms with Crippen molar-refractivity contribution >= 4 is 17.4 Å². The lowest BCUT2D eigenvalue weighted by Gasteiger charge is -2.33. The lowest BCUT2D eigenvalue weighted by atomic mass is 10.2. The van der Waals surface area contributed by atoms with E-state index < -0.39 is 0 Å². The van der Waals surface area contributed by atoms with Gasteiger partial charge in [-0.1, -0.05) is 0 Å². The van der Waals surface area contributed by atoms with Crippen LogP contribution in [0, 0.1) is 0 Å². The van der Waals surface area contributed by atoms with Crippen LogP contribution < -0.4 is 15.5 Å². The van der Waals surface area contributed by atoms with Crippen molar-refractivity contribution in [3.8, 4) is 0 Å². The van der Waals surface area contributed by atoms with E-state index in [1.807, 2.05) is 24.3 Å². The van der Waals surface area contributed by atoms with E-state index in [-0.39, 0.29) is 18.2 Å². The van der Waals surface area contributed by atoms with E-state index in [1.165, 1.54) is 0 Å². The van der Waals surface area contributed by atoms with Crippen LogP contribution in [0.1, 0.15) is 19.8 Å². The van der Waals surface area contributed by atoms with Crippen LogP contribution in [-0.4, -0.2) is 51.1 Å². The molecule has 2 saturated heterocycles. The monoisotopic (exact) mass is 319 g/mol. The molecule has 2 heterocycles. The van der Waals surface area contributed by atoms with Gasteiger partial charge in [0.15, 0.2) is 0 Å². The zero-order valence-electron chi connectivity index (χ0n) is 13.6. The van der Waals surface area contributed by atoms with Gasteiger partial charge in [0.25, 0.3) is 0 Å². The smallest absolute Gasteiger partial charge is 0.319 e. The topological polar surface area (TPSA) is 62.8 Å². The first kappa shape index (κ1) is 16.1. The maximum absolute atomic E-state index is 11.9. The Morgan fingerprint density at radius 3 is 2.78 bits per heavy atom. The second-order valence-electron chi connectivity index (χ2n) is 6.14. The Balaban J connectivity index is 1.47. The second kappa shape index (κ2) is 7.66. The fraction of sp³-hybridized carbons (Fsp3) is 0.588. The quantitative estimate of drug-likeness (QED) is 0.893. The van der Waals surface area contributed by atoms with Crippen LogP contribution in [0.3, 0.4) is 0 Å². The Kier molecular flexibility index (Phi) is 5.35. The fourth-order valence-corrected chi connectivity index (χ4v) is 3.00. The zero-order chi connectivity index (χ0) is 16.1. The zero-order valence-corrected chi connectivity index (χ0v) is 13.6. The molecule has 0 radical (unpaired) electrons. The summed E-state index contributed by atoms with van der Waals surface area (Å²) in [4.78, 5) is 14.2. The summed E-state index contributed by atoms with van der Waals surface area (Å²) in [6, 6.07) is 7.75. The molecule has 6 heteroatoms. The molecule has 1 aromatic carbocycles. The molecular weight excluding hydrogens is 294 g/mol. The van der Waals surface area contributed by atoms with Crippen LogP contribution >= 0.6 is 0 Å². The number of nitrogens with one attached hydrogen (secondary N) is 2. The molecule has 0 bridgehead atoms. The van der Waals surface area contributed by atoms with Crippen LogP contribution in [-0.2, 0) is 9.47 Å². The Labute approximate surface area is 137 Å². The molecule has 2 fully saturated rings. The van der Waals surface area contributed by atoms with Gasteiger partial charge in [-0.25, -0.2) is 4.79 Å². The maximum atomic E-state index is 11.9. The van der Waals surface area contributed by atoms with Crippen molar-refractivity contribution in [1.29, 1.82) is 0 Å². The van der Waals surface area contributed by atoms with E-state index in [1.54, 1.807) is 0 Å². The number of amides is 2. The molecular formula is C17H25N3O3. The number of nitrogens with zero attached hydrogens (tertiary/aromatic N) is 1. The Morgan fingerprint density at radius 1 is 1.26 bits per heavy atom. The molecule has 0 aromatic heterocycles. The van der Waals surface area contributed by atoms with Gasteiger partial charge in [0.2, 0.25) is 0 Å². The van der Waals surface area contributed by atoms with Crippen LogP contribution in [0.4, 0.5) is 16.2 Å². The predicted molar refractivity (Wildman–Crippen MR) is 90.1 cm³/mol. The van der Waals surface area contributed by atoms with Gasteiger partial charge in [-0.2, -0.15) is 0 Å². The molecule has 2 unspecified atom stereocenters. The van der Waals surface area contributed by atoms with E-state index in [0.717, 1.165) is 50.5 Å². The standard InChI is InChI=1S/C17H25N3O3/c1-13-12-20(8-10-22-13)15-6-4-14(5-7-15)19-17(21)18-11-16-3-2-9-23-16/h4-7,13,16H,2-3,8-12H2,1H3,(H2,18,19,21). The van der Waals surface area contributed by atoms with Gasteiger partial charge in [0, 0.05) is 37.6 Å². The molecule has 126 valence electrons. The van der Waals surface area contributed by atoms with Crippen molar-refractivity contribution < 1.29 is 14.3 Å². The second-order valence-corrected chi connectivity index (χ2v) is 6.14. The summed E-state index contributed by atoms with van der Waals surface area (Å²) in [5.74, 6) is 0. The summed E-state index contributed by atoms with van der Waals surface area (Å²) < 4.78 is 11.0. The molecule has 2 amide bonds. The third-order valence-corrected chi connectivity index (χ3v) is 4.25. The molecule has 0 aliphatic carbocycles. The van der Waals surface area contributed by atoms with Crippen molar-refractivity contribution in [3.05, 3.63) is 24.3 Å². The normalized spacial score (nSPS) is 24.5. The molecule has 6 nitrogen and oxygen atoms in total. The average Bonchev–Trinajstić information content (AvgIpc) is 3.07. The molecule has 0 spiro atoms. The molecule has 1 aromatic rings. The minimum atomic E-state index is -0.187. The minimum Gasteiger partial charge on any atom is -0.376 e.